The molecule has 0 unspecified atom stereocenters. The molecule has 15 heavy (non-hydrogen) atoms. The molecule has 1 heterocycles. The number of hydrogen-bond donors (Lipinski definition) is 2. The highest BCUT2D eigenvalue weighted by Crippen LogP contribution is 2.31. The summed E-state index contributed by atoms with van der Waals surface area (Å²) in [6.45, 7) is 3.25. The molecule has 1 saturated heterocycles. The lowest BCUT2D eigenvalue weighted by Gasteiger charge is -2.14. The second-order valence-electron chi connectivity index (χ2n) is 4.29. The summed E-state index contributed by atoms with van der Waals surface area (Å²) in [7, 11) is 0. The predicted octanol–water partition coefficient (Wildman–Crippen LogP) is 2.77. The topological polar surface area (TPSA) is 32.3 Å². The molecule has 0 aromatic heterocycles. The van der Waals surface area contributed by atoms with Crippen LogP contribution in [0, 0.1) is 0 Å². The van der Waals surface area contributed by atoms with Crippen LogP contribution >= 0.6 is 0 Å². The Kier molecular flexibility index (Phi) is 3.27. The van der Waals surface area contributed by atoms with Crippen LogP contribution in [0.4, 0.5) is 0 Å². The minimum absolute atomic E-state index is 0.363. The lowest BCUT2D eigenvalue weighted by molar-refractivity contribution is 0.456. The van der Waals surface area contributed by atoms with Crippen molar-refractivity contribution < 1.29 is 5.11 Å². The molecular weight excluding hydrogens is 186 g/mol. The van der Waals surface area contributed by atoms with Crippen molar-refractivity contribution in [3.63, 3.8) is 0 Å². The first-order chi connectivity index (χ1) is 7.31. The van der Waals surface area contributed by atoms with E-state index in [1.807, 2.05) is 12.1 Å². The Hall–Kier alpha value is -1.02. The number of nitrogens with one attached hydrogen (secondary N) is 1. The van der Waals surface area contributed by atoms with Crippen LogP contribution in [-0.2, 0) is 6.42 Å². The maximum Gasteiger partial charge on any atom is 0.120 e. The van der Waals surface area contributed by atoms with E-state index >= 15 is 0 Å². The normalized spacial score (nSPS) is 20.7. The molecule has 0 bridgehead atoms. The van der Waals surface area contributed by atoms with Gasteiger partial charge in [-0.1, -0.05) is 25.5 Å². The van der Waals surface area contributed by atoms with E-state index in [0.29, 0.717) is 11.8 Å². The van der Waals surface area contributed by atoms with Crippen molar-refractivity contribution in [3.05, 3.63) is 29.3 Å². The monoisotopic (exact) mass is 205 g/mol. The standard InChI is InChI=1S/C13H19NO/c1-2-4-10-6-7-13(15)11(9-10)12-5-3-8-14-12/h6-7,9,12,14-15H,2-5,8H2,1H3/t12-/m0/s1. The third-order valence-corrected chi connectivity index (χ3v) is 3.07. The van der Waals surface area contributed by atoms with E-state index in [9.17, 15) is 5.11 Å². The van der Waals surface area contributed by atoms with Gasteiger partial charge in [-0.15, -0.1) is 0 Å². The molecule has 1 aromatic carbocycles. The first kappa shape index (κ1) is 10.5. The summed E-state index contributed by atoms with van der Waals surface area (Å²) in [6, 6.07) is 6.38. The van der Waals surface area contributed by atoms with Crippen molar-refractivity contribution in [2.45, 2.75) is 38.6 Å². The fraction of sp³-hybridized carbons (Fsp3) is 0.538. The van der Waals surface area contributed by atoms with Crippen molar-refractivity contribution >= 4 is 0 Å². The number of phenols is 1. The van der Waals surface area contributed by atoms with E-state index < -0.39 is 0 Å². The Morgan fingerprint density at radius 2 is 2.33 bits per heavy atom. The number of rotatable bonds is 3. The molecule has 2 N–H and O–H groups in total. The molecule has 0 aliphatic carbocycles. The summed E-state index contributed by atoms with van der Waals surface area (Å²) in [5.74, 6) is 0.439. The predicted molar refractivity (Wildman–Crippen MR) is 62.1 cm³/mol. The molecule has 2 nitrogen and oxygen atoms in total. The average Bonchev–Trinajstić information content (AvgIpc) is 2.74. The maximum absolute atomic E-state index is 9.82. The van der Waals surface area contributed by atoms with Crippen molar-refractivity contribution in [3.8, 4) is 5.75 Å². The van der Waals surface area contributed by atoms with Crippen molar-refractivity contribution in [1.29, 1.82) is 0 Å². The molecule has 1 fully saturated rings. The van der Waals surface area contributed by atoms with Gasteiger partial charge in [0, 0.05) is 11.6 Å². The maximum atomic E-state index is 9.82. The number of phenolic OH excluding ortho intramolecular Hbond substituents is 1. The lowest BCUT2D eigenvalue weighted by atomic mass is 9.99. The highest BCUT2D eigenvalue weighted by Gasteiger charge is 2.19. The van der Waals surface area contributed by atoms with Crippen molar-refractivity contribution in [2.75, 3.05) is 6.54 Å². The SMILES string of the molecule is CCCc1ccc(O)c([C@@H]2CCCN2)c1. The van der Waals surface area contributed by atoms with Gasteiger partial charge in [-0.3, -0.25) is 0 Å². The second-order valence-corrected chi connectivity index (χ2v) is 4.29. The number of hydrogen-bond acceptors (Lipinski definition) is 2. The van der Waals surface area contributed by atoms with Crippen LogP contribution in [0.2, 0.25) is 0 Å². The molecule has 2 rings (SSSR count). The Morgan fingerprint density at radius 1 is 1.47 bits per heavy atom. The van der Waals surface area contributed by atoms with Crippen LogP contribution in [0.25, 0.3) is 0 Å². The molecule has 2 heteroatoms. The van der Waals surface area contributed by atoms with E-state index in [1.54, 1.807) is 0 Å². The van der Waals surface area contributed by atoms with Crippen LogP contribution in [0.5, 0.6) is 5.75 Å². The quantitative estimate of drug-likeness (QED) is 0.795. The molecule has 1 aromatic rings. The summed E-state index contributed by atoms with van der Waals surface area (Å²) in [6.07, 6.45) is 4.60. The lowest BCUT2D eigenvalue weighted by Crippen LogP contribution is -2.13. The zero-order valence-electron chi connectivity index (χ0n) is 9.29. The van der Waals surface area contributed by atoms with E-state index in [2.05, 4.69) is 18.3 Å². The molecule has 0 saturated carbocycles. The Balaban J connectivity index is 2.23. The summed E-state index contributed by atoms with van der Waals surface area (Å²) in [5.41, 5.74) is 2.41. The van der Waals surface area contributed by atoms with Gasteiger partial charge < -0.3 is 10.4 Å². The van der Waals surface area contributed by atoms with Gasteiger partial charge in [0.2, 0.25) is 0 Å². The Labute approximate surface area is 91.3 Å². The molecule has 0 spiro atoms. The first-order valence-corrected chi connectivity index (χ1v) is 5.86. The molecule has 1 atom stereocenters. The summed E-state index contributed by atoms with van der Waals surface area (Å²) >= 11 is 0. The van der Waals surface area contributed by atoms with Gasteiger partial charge >= 0.3 is 0 Å². The van der Waals surface area contributed by atoms with E-state index in [0.717, 1.165) is 31.4 Å². The van der Waals surface area contributed by atoms with Gasteiger partial charge in [0.15, 0.2) is 0 Å². The van der Waals surface area contributed by atoms with Gasteiger partial charge in [-0.2, -0.15) is 0 Å². The summed E-state index contributed by atoms with van der Waals surface area (Å²) in [5, 5.41) is 13.2. The minimum Gasteiger partial charge on any atom is -0.508 e. The average molecular weight is 205 g/mol. The van der Waals surface area contributed by atoms with Crippen molar-refractivity contribution in [2.24, 2.45) is 0 Å². The number of aryl methyl sites for hydroxylation is 1. The summed E-state index contributed by atoms with van der Waals surface area (Å²) < 4.78 is 0. The van der Waals surface area contributed by atoms with Gasteiger partial charge in [-0.05, 0) is 37.4 Å². The third-order valence-electron chi connectivity index (χ3n) is 3.07. The molecule has 0 amide bonds. The fourth-order valence-electron chi connectivity index (χ4n) is 2.28. The van der Waals surface area contributed by atoms with Crippen LogP contribution in [-0.4, -0.2) is 11.7 Å². The number of benzene rings is 1. The van der Waals surface area contributed by atoms with Gasteiger partial charge in [0.25, 0.3) is 0 Å². The molecule has 1 aliphatic heterocycles. The largest absolute Gasteiger partial charge is 0.508 e. The van der Waals surface area contributed by atoms with Crippen LogP contribution in [0.15, 0.2) is 18.2 Å². The molecular formula is C13H19NO. The minimum atomic E-state index is 0.363. The van der Waals surface area contributed by atoms with Crippen LogP contribution in [0.1, 0.15) is 43.4 Å². The molecule has 82 valence electrons. The highest BCUT2D eigenvalue weighted by molar-refractivity contribution is 5.38. The molecule has 1 aliphatic rings. The van der Waals surface area contributed by atoms with E-state index in [-0.39, 0.29) is 0 Å². The fourth-order valence-corrected chi connectivity index (χ4v) is 2.28. The van der Waals surface area contributed by atoms with Gasteiger partial charge in [-0.25, -0.2) is 0 Å². The number of aromatic hydroxyl groups is 1. The zero-order chi connectivity index (χ0) is 10.7. The molecule has 0 radical (unpaired) electrons. The smallest absolute Gasteiger partial charge is 0.120 e. The second kappa shape index (κ2) is 4.67. The van der Waals surface area contributed by atoms with Crippen LogP contribution < -0.4 is 5.32 Å². The van der Waals surface area contributed by atoms with Crippen LogP contribution in [0.3, 0.4) is 0 Å². The van der Waals surface area contributed by atoms with E-state index in [4.69, 9.17) is 0 Å². The van der Waals surface area contributed by atoms with E-state index in [1.165, 1.54) is 12.0 Å². The third kappa shape index (κ3) is 2.32. The zero-order valence-corrected chi connectivity index (χ0v) is 9.29. The van der Waals surface area contributed by atoms with Gasteiger partial charge in [0.05, 0.1) is 0 Å². The highest BCUT2D eigenvalue weighted by atomic mass is 16.3. The summed E-state index contributed by atoms with van der Waals surface area (Å²) in [4.78, 5) is 0. The Morgan fingerprint density at radius 3 is 3.00 bits per heavy atom. The van der Waals surface area contributed by atoms with Crippen molar-refractivity contribution in [1.82, 2.24) is 5.32 Å². The Bertz CT molecular complexity index is 329. The first-order valence-electron chi connectivity index (χ1n) is 5.86. The van der Waals surface area contributed by atoms with Gasteiger partial charge in [0.1, 0.15) is 5.75 Å².